The summed E-state index contributed by atoms with van der Waals surface area (Å²) in [5, 5.41) is 0. The second-order valence-corrected chi connectivity index (χ2v) is 12.2. The van der Waals surface area contributed by atoms with Crippen LogP contribution in [0.3, 0.4) is 0 Å². The minimum Gasteiger partial charge on any atom is -0.266 e. The molecule has 0 unspecified atom stereocenters. The topological polar surface area (TPSA) is 43.4 Å². The van der Waals surface area contributed by atoms with Gasteiger partial charge in [0.25, 0.3) is 10.1 Å². The Balaban J connectivity index is 1.82. The van der Waals surface area contributed by atoms with Crippen LogP contribution < -0.4 is 0 Å². The van der Waals surface area contributed by atoms with Crippen LogP contribution in [0.25, 0.3) is 0 Å². The zero-order valence-electron chi connectivity index (χ0n) is 20.2. The zero-order valence-corrected chi connectivity index (χ0v) is 21.1. The maximum Gasteiger partial charge on any atom is 0.297 e. The third-order valence-corrected chi connectivity index (χ3v) is 9.77. The van der Waals surface area contributed by atoms with Gasteiger partial charge in [0.05, 0.1) is 6.61 Å². The number of benzene rings is 1. The van der Waals surface area contributed by atoms with Crippen molar-refractivity contribution >= 4 is 10.1 Å². The summed E-state index contributed by atoms with van der Waals surface area (Å²) in [6.07, 6.45) is 20.1. The van der Waals surface area contributed by atoms with E-state index in [1.54, 1.807) is 0 Å². The fourth-order valence-corrected chi connectivity index (χ4v) is 7.95. The molecule has 1 aromatic rings. The number of rotatable bonds is 8. The Bertz CT molecular complexity index is 787. The molecule has 3 aliphatic rings. The molecule has 4 heteroatoms. The molecule has 3 saturated carbocycles. The van der Waals surface area contributed by atoms with E-state index in [1.165, 1.54) is 76.2 Å². The second kappa shape index (κ2) is 11.5. The van der Waals surface area contributed by atoms with Crippen molar-refractivity contribution < 1.29 is 12.6 Å². The lowest BCUT2D eigenvalue weighted by Crippen LogP contribution is -2.20. The van der Waals surface area contributed by atoms with Crippen molar-refractivity contribution in [3.05, 3.63) is 28.8 Å². The predicted octanol–water partition coefficient (Wildman–Crippen LogP) is 8.34. The summed E-state index contributed by atoms with van der Waals surface area (Å²) < 4.78 is 33.1. The summed E-state index contributed by atoms with van der Waals surface area (Å²) in [4.78, 5) is 0.590. The molecule has 4 rings (SSSR count). The van der Waals surface area contributed by atoms with Crippen molar-refractivity contribution in [2.45, 2.75) is 139 Å². The van der Waals surface area contributed by atoms with Gasteiger partial charge in [0.15, 0.2) is 0 Å². The van der Waals surface area contributed by atoms with Crippen LogP contribution in [0.4, 0.5) is 0 Å². The van der Waals surface area contributed by atoms with Gasteiger partial charge in [-0.1, -0.05) is 83.3 Å². The molecule has 32 heavy (non-hydrogen) atoms. The number of unbranched alkanes of at least 4 members (excludes halogenated alkanes) is 1. The average Bonchev–Trinajstić information content (AvgIpc) is 2.85. The van der Waals surface area contributed by atoms with Gasteiger partial charge in [0.1, 0.15) is 4.90 Å². The molecule has 1 aromatic carbocycles. The molecule has 0 atom stereocenters. The maximum atomic E-state index is 13.7. The van der Waals surface area contributed by atoms with E-state index in [9.17, 15) is 8.42 Å². The van der Waals surface area contributed by atoms with E-state index in [0.29, 0.717) is 29.3 Å². The van der Waals surface area contributed by atoms with E-state index in [1.807, 2.05) is 0 Å². The smallest absolute Gasteiger partial charge is 0.266 e. The van der Waals surface area contributed by atoms with Crippen molar-refractivity contribution in [3.8, 4) is 0 Å². The van der Waals surface area contributed by atoms with Gasteiger partial charge in [-0.2, -0.15) is 8.42 Å². The molecular formula is C28H44O3S. The van der Waals surface area contributed by atoms with Crippen molar-refractivity contribution in [1.29, 1.82) is 0 Å². The summed E-state index contributed by atoms with van der Waals surface area (Å²) in [7, 11) is -3.74. The first-order valence-corrected chi connectivity index (χ1v) is 15.1. The van der Waals surface area contributed by atoms with Gasteiger partial charge in [-0.3, -0.25) is 4.18 Å². The van der Waals surface area contributed by atoms with Crippen molar-refractivity contribution in [1.82, 2.24) is 0 Å². The molecule has 180 valence electrons. The Morgan fingerprint density at radius 2 is 1.16 bits per heavy atom. The minimum absolute atomic E-state index is 0.303. The standard InChI is InChI=1S/C28H44O3S/c1-2-3-19-31-32(29,30)28-26(23-15-9-5-10-16-23)20-25(22-13-7-4-8-14-22)21-27(28)24-17-11-6-12-18-24/h20-24H,2-19H2,1H3. The fraction of sp³-hybridized carbons (Fsp3) is 0.786. The first kappa shape index (κ1) is 24.3. The van der Waals surface area contributed by atoms with Gasteiger partial charge in [-0.05, 0) is 79.4 Å². The molecule has 0 bridgehead atoms. The molecule has 0 spiro atoms. The molecule has 0 saturated heterocycles. The first-order valence-electron chi connectivity index (χ1n) is 13.7. The molecule has 0 radical (unpaired) electrons. The van der Waals surface area contributed by atoms with E-state index < -0.39 is 10.1 Å². The van der Waals surface area contributed by atoms with Crippen molar-refractivity contribution in [2.24, 2.45) is 0 Å². The van der Waals surface area contributed by atoms with Crippen LogP contribution in [0, 0.1) is 0 Å². The Kier molecular flexibility index (Phi) is 8.73. The normalized spacial score (nSPS) is 22.3. The molecular weight excluding hydrogens is 416 g/mol. The highest BCUT2D eigenvalue weighted by Gasteiger charge is 2.33. The summed E-state index contributed by atoms with van der Waals surface area (Å²) in [5.74, 6) is 1.34. The quantitative estimate of drug-likeness (QED) is 0.289. The Morgan fingerprint density at radius 1 is 0.719 bits per heavy atom. The molecule has 0 aromatic heterocycles. The zero-order chi connectivity index (χ0) is 22.4. The largest absolute Gasteiger partial charge is 0.297 e. The molecule has 0 heterocycles. The first-order chi connectivity index (χ1) is 15.6. The van der Waals surface area contributed by atoms with E-state index in [-0.39, 0.29) is 0 Å². The lowest BCUT2D eigenvalue weighted by atomic mass is 9.76. The highest BCUT2D eigenvalue weighted by atomic mass is 32.2. The Labute approximate surface area is 196 Å². The maximum absolute atomic E-state index is 13.7. The molecule has 3 nitrogen and oxygen atoms in total. The molecule has 0 amide bonds. The molecule has 0 N–H and O–H groups in total. The number of hydrogen-bond acceptors (Lipinski definition) is 3. The van der Waals surface area contributed by atoms with Crippen LogP contribution in [-0.4, -0.2) is 15.0 Å². The second-order valence-electron chi connectivity index (χ2n) is 10.7. The van der Waals surface area contributed by atoms with E-state index in [2.05, 4.69) is 19.1 Å². The summed E-state index contributed by atoms with van der Waals surface area (Å²) in [5.41, 5.74) is 3.66. The van der Waals surface area contributed by atoms with Gasteiger partial charge < -0.3 is 0 Å². The lowest BCUT2D eigenvalue weighted by Gasteiger charge is -2.32. The molecule has 3 aliphatic carbocycles. The van der Waals surface area contributed by atoms with Crippen molar-refractivity contribution in [3.63, 3.8) is 0 Å². The molecule has 3 fully saturated rings. The predicted molar refractivity (Wildman–Crippen MR) is 132 cm³/mol. The third kappa shape index (κ3) is 5.78. The van der Waals surface area contributed by atoms with E-state index >= 15 is 0 Å². The highest BCUT2D eigenvalue weighted by Crippen LogP contribution is 2.45. The lowest BCUT2D eigenvalue weighted by molar-refractivity contribution is 0.308. The minimum atomic E-state index is -3.74. The Hall–Kier alpha value is -0.870. The van der Waals surface area contributed by atoms with Crippen LogP contribution in [-0.2, 0) is 14.3 Å². The average molecular weight is 461 g/mol. The molecule has 0 aliphatic heterocycles. The van der Waals surface area contributed by atoms with Gasteiger partial charge in [-0.25, -0.2) is 0 Å². The van der Waals surface area contributed by atoms with Crippen LogP contribution in [0.5, 0.6) is 0 Å². The van der Waals surface area contributed by atoms with Crippen LogP contribution in [0.15, 0.2) is 17.0 Å². The number of hydrogen-bond donors (Lipinski definition) is 0. The fourth-order valence-electron chi connectivity index (χ4n) is 6.46. The van der Waals surface area contributed by atoms with Crippen LogP contribution >= 0.6 is 0 Å². The van der Waals surface area contributed by atoms with E-state index in [4.69, 9.17) is 4.18 Å². The van der Waals surface area contributed by atoms with E-state index in [0.717, 1.165) is 49.7 Å². The van der Waals surface area contributed by atoms with Crippen LogP contribution in [0.1, 0.15) is 151 Å². The van der Waals surface area contributed by atoms with Gasteiger partial charge in [0, 0.05) is 0 Å². The van der Waals surface area contributed by atoms with Crippen molar-refractivity contribution in [2.75, 3.05) is 6.61 Å². The monoisotopic (exact) mass is 460 g/mol. The van der Waals surface area contributed by atoms with Gasteiger partial charge >= 0.3 is 0 Å². The summed E-state index contributed by atoms with van der Waals surface area (Å²) in [6.45, 7) is 2.38. The van der Waals surface area contributed by atoms with Crippen LogP contribution in [0.2, 0.25) is 0 Å². The third-order valence-electron chi connectivity index (χ3n) is 8.32. The SMILES string of the molecule is CCCCOS(=O)(=O)c1c(C2CCCCC2)cc(C2CCCCC2)cc1C1CCCCC1. The highest BCUT2D eigenvalue weighted by molar-refractivity contribution is 7.86. The van der Waals surface area contributed by atoms with Gasteiger partial charge in [0.2, 0.25) is 0 Å². The summed E-state index contributed by atoms with van der Waals surface area (Å²) >= 11 is 0. The van der Waals surface area contributed by atoms with Gasteiger partial charge in [-0.15, -0.1) is 0 Å². The Morgan fingerprint density at radius 3 is 1.59 bits per heavy atom. The summed E-state index contributed by atoms with van der Waals surface area (Å²) in [6, 6.07) is 4.66.